The van der Waals surface area contributed by atoms with Gasteiger partial charge in [-0.2, -0.15) is 17.6 Å². The molecule has 15 heavy (non-hydrogen) atoms. The summed E-state index contributed by atoms with van der Waals surface area (Å²) in [6.45, 7) is 1.97. The number of carbonyl (C=O) groups excluding carboxylic acids is 1. The summed E-state index contributed by atoms with van der Waals surface area (Å²) in [5, 5.41) is 0. The van der Waals surface area contributed by atoms with E-state index in [1.165, 1.54) is 13.8 Å². The number of carbonyl (C=O) groups is 1. The Morgan fingerprint density at radius 2 is 1.60 bits per heavy atom. The lowest BCUT2D eigenvalue weighted by Gasteiger charge is -2.12. The second-order valence-electron chi connectivity index (χ2n) is 2.29. The molecule has 3 nitrogen and oxygen atoms in total. The summed E-state index contributed by atoms with van der Waals surface area (Å²) in [5.41, 5.74) is 0. The molecule has 0 aliphatic heterocycles. The summed E-state index contributed by atoms with van der Waals surface area (Å²) in [7, 11) is 0. The van der Waals surface area contributed by atoms with Gasteiger partial charge in [-0.15, -0.1) is 0 Å². The van der Waals surface area contributed by atoms with Crippen LogP contribution < -0.4 is 0 Å². The van der Waals surface area contributed by atoms with E-state index in [4.69, 9.17) is 0 Å². The normalized spacial score (nSPS) is 13.2. The van der Waals surface area contributed by atoms with Crippen molar-refractivity contribution < 1.29 is 31.8 Å². The van der Waals surface area contributed by atoms with Crippen LogP contribution in [0.25, 0.3) is 0 Å². The second-order valence-corrected chi connectivity index (χ2v) is 2.29. The molecule has 88 valence electrons. The molecule has 0 rings (SSSR count). The third-order valence-corrected chi connectivity index (χ3v) is 1.20. The van der Waals surface area contributed by atoms with E-state index in [0.717, 1.165) is 0 Å². The molecule has 0 aromatic rings. The Labute approximate surface area is 83.7 Å². The lowest BCUT2D eigenvalue weighted by Crippen LogP contribution is -2.20. The molecule has 0 N–H and O–H groups in total. The Bertz CT molecular complexity index is 257. The van der Waals surface area contributed by atoms with Crippen LogP contribution in [-0.2, 0) is 14.3 Å². The van der Waals surface area contributed by atoms with Crippen LogP contribution in [0.2, 0.25) is 0 Å². The highest BCUT2D eigenvalue weighted by atomic mass is 19.4. The van der Waals surface area contributed by atoms with Crippen molar-refractivity contribution in [2.45, 2.75) is 20.0 Å². The van der Waals surface area contributed by atoms with Crippen molar-refractivity contribution in [2.24, 2.45) is 0 Å². The SMILES string of the molecule is CCOC(=O)/C(F)=C(\OCC)C(F)(F)F. The molecule has 0 unspecified atom stereocenters. The second kappa shape index (κ2) is 5.57. The summed E-state index contributed by atoms with van der Waals surface area (Å²) in [6, 6.07) is 0. The zero-order valence-electron chi connectivity index (χ0n) is 8.15. The van der Waals surface area contributed by atoms with Crippen LogP contribution >= 0.6 is 0 Å². The van der Waals surface area contributed by atoms with E-state index >= 15 is 0 Å². The van der Waals surface area contributed by atoms with Crippen LogP contribution in [0, 0.1) is 0 Å². The zero-order valence-corrected chi connectivity index (χ0v) is 8.15. The summed E-state index contributed by atoms with van der Waals surface area (Å²) in [5.74, 6) is -5.70. The van der Waals surface area contributed by atoms with Gasteiger partial charge in [-0.05, 0) is 13.8 Å². The molecule has 0 aliphatic rings. The first kappa shape index (κ1) is 13.7. The third kappa shape index (κ3) is 4.18. The first-order valence-corrected chi connectivity index (χ1v) is 4.11. The molecule has 0 saturated heterocycles. The van der Waals surface area contributed by atoms with Gasteiger partial charge in [-0.1, -0.05) is 0 Å². The smallest absolute Gasteiger partial charge is 0.452 e. The molecule has 0 aromatic heterocycles. The number of hydrogen-bond donors (Lipinski definition) is 0. The van der Waals surface area contributed by atoms with Crippen molar-refractivity contribution in [3.8, 4) is 0 Å². The van der Waals surface area contributed by atoms with Crippen molar-refractivity contribution in [2.75, 3.05) is 13.2 Å². The predicted octanol–water partition coefficient (Wildman–Crippen LogP) is 2.33. The molecule has 0 heterocycles. The Kier molecular flexibility index (Phi) is 5.10. The fourth-order valence-electron chi connectivity index (χ4n) is 0.701. The number of alkyl halides is 3. The van der Waals surface area contributed by atoms with Gasteiger partial charge in [0, 0.05) is 0 Å². The van der Waals surface area contributed by atoms with Gasteiger partial charge in [0.1, 0.15) is 0 Å². The lowest BCUT2D eigenvalue weighted by atomic mass is 10.4. The van der Waals surface area contributed by atoms with E-state index in [1.54, 1.807) is 0 Å². The molecule has 0 amide bonds. The van der Waals surface area contributed by atoms with E-state index in [0.29, 0.717) is 0 Å². The standard InChI is InChI=1S/C8H10F4O3/c1-3-14-6(8(10,11)12)5(9)7(13)15-4-2/h3-4H2,1-2H3/b6-5+. The maximum atomic E-state index is 12.9. The topological polar surface area (TPSA) is 35.5 Å². The van der Waals surface area contributed by atoms with Crippen LogP contribution in [0.5, 0.6) is 0 Å². The van der Waals surface area contributed by atoms with E-state index in [1.807, 2.05) is 0 Å². The molecule has 0 aromatic carbocycles. The van der Waals surface area contributed by atoms with Crippen molar-refractivity contribution in [1.29, 1.82) is 0 Å². The van der Waals surface area contributed by atoms with Gasteiger partial charge in [0.15, 0.2) is 0 Å². The molecular formula is C8H10F4O3. The van der Waals surface area contributed by atoms with Crippen molar-refractivity contribution >= 4 is 5.97 Å². The number of hydrogen-bond acceptors (Lipinski definition) is 3. The van der Waals surface area contributed by atoms with Gasteiger partial charge < -0.3 is 9.47 Å². The highest BCUT2D eigenvalue weighted by molar-refractivity contribution is 5.86. The molecule has 0 atom stereocenters. The lowest BCUT2D eigenvalue weighted by molar-refractivity contribution is -0.148. The first-order valence-electron chi connectivity index (χ1n) is 4.11. The van der Waals surface area contributed by atoms with Crippen LogP contribution in [0.1, 0.15) is 13.8 Å². The minimum atomic E-state index is -5.05. The Hall–Kier alpha value is -1.27. The van der Waals surface area contributed by atoms with Gasteiger partial charge in [-0.3, -0.25) is 0 Å². The zero-order chi connectivity index (χ0) is 12.1. The Morgan fingerprint density at radius 3 is 1.93 bits per heavy atom. The number of rotatable bonds is 4. The quantitative estimate of drug-likeness (QED) is 0.322. The fraction of sp³-hybridized carbons (Fsp3) is 0.625. The van der Waals surface area contributed by atoms with Crippen LogP contribution in [0.3, 0.4) is 0 Å². The summed E-state index contributed by atoms with van der Waals surface area (Å²) >= 11 is 0. The highest BCUT2D eigenvalue weighted by Crippen LogP contribution is 2.30. The van der Waals surface area contributed by atoms with Gasteiger partial charge in [0.2, 0.25) is 5.76 Å². The van der Waals surface area contributed by atoms with Gasteiger partial charge >= 0.3 is 12.1 Å². The molecular weight excluding hydrogens is 220 g/mol. The van der Waals surface area contributed by atoms with E-state index in [2.05, 4.69) is 9.47 Å². The minimum absolute atomic E-state index is 0.219. The van der Waals surface area contributed by atoms with Gasteiger partial charge in [0.25, 0.3) is 5.83 Å². The fourth-order valence-corrected chi connectivity index (χ4v) is 0.701. The Morgan fingerprint density at radius 1 is 1.13 bits per heavy atom. The summed E-state index contributed by atoms with van der Waals surface area (Å²) in [6.07, 6.45) is -5.05. The van der Waals surface area contributed by atoms with E-state index in [9.17, 15) is 22.4 Å². The minimum Gasteiger partial charge on any atom is -0.487 e. The maximum absolute atomic E-state index is 12.9. The van der Waals surface area contributed by atoms with Crippen LogP contribution in [0.4, 0.5) is 17.6 Å². The van der Waals surface area contributed by atoms with Crippen LogP contribution in [0.15, 0.2) is 11.6 Å². The molecule has 0 saturated carbocycles. The predicted molar refractivity (Wildman–Crippen MR) is 42.4 cm³/mol. The number of halogens is 4. The largest absolute Gasteiger partial charge is 0.487 e. The summed E-state index contributed by atoms with van der Waals surface area (Å²) < 4.78 is 57.4. The number of ether oxygens (including phenoxy) is 2. The van der Waals surface area contributed by atoms with Gasteiger partial charge in [-0.25, -0.2) is 4.79 Å². The summed E-state index contributed by atoms with van der Waals surface area (Å²) in [4.78, 5) is 10.7. The maximum Gasteiger partial charge on any atom is 0.452 e. The average Bonchev–Trinajstić information content (AvgIpc) is 2.11. The molecule has 0 fully saturated rings. The van der Waals surface area contributed by atoms with Crippen molar-refractivity contribution in [3.63, 3.8) is 0 Å². The van der Waals surface area contributed by atoms with Crippen molar-refractivity contribution in [3.05, 3.63) is 11.6 Å². The van der Waals surface area contributed by atoms with Crippen molar-refractivity contribution in [1.82, 2.24) is 0 Å². The third-order valence-electron chi connectivity index (χ3n) is 1.20. The van der Waals surface area contributed by atoms with E-state index in [-0.39, 0.29) is 6.61 Å². The van der Waals surface area contributed by atoms with Gasteiger partial charge in [0.05, 0.1) is 13.2 Å². The first-order chi connectivity index (χ1) is 6.84. The van der Waals surface area contributed by atoms with E-state index < -0.39 is 30.3 Å². The molecule has 0 spiro atoms. The molecule has 0 radical (unpaired) electrons. The average molecular weight is 230 g/mol. The highest BCUT2D eigenvalue weighted by Gasteiger charge is 2.41. The Balaban J connectivity index is 5.00. The molecule has 0 aliphatic carbocycles. The number of esters is 1. The number of allylic oxidation sites excluding steroid dienone is 1. The monoisotopic (exact) mass is 230 g/mol. The molecule has 7 heteroatoms. The van der Waals surface area contributed by atoms with Crippen LogP contribution in [-0.4, -0.2) is 25.4 Å². The molecule has 0 bridgehead atoms.